The molecule has 0 atom stereocenters. The lowest BCUT2D eigenvalue weighted by Gasteiger charge is -2.34. The summed E-state index contributed by atoms with van der Waals surface area (Å²) in [5, 5.41) is 0. The maximum Gasteiger partial charge on any atom is 0.417 e. The summed E-state index contributed by atoms with van der Waals surface area (Å²) in [4.78, 5) is 12.1. The molecule has 1 aliphatic heterocycles. The van der Waals surface area contributed by atoms with Gasteiger partial charge in [0.2, 0.25) is 0 Å². The van der Waals surface area contributed by atoms with Crippen molar-refractivity contribution in [2.75, 3.05) is 13.2 Å². The summed E-state index contributed by atoms with van der Waals surface area (Å²) in [7, 11) is 0. The van der Waals surface area contributed by atoms with Crippen molar-refractivity contribution < 1.29 is 27.4 Å². The van der Waals surface area contributed by atoms with E-state index >= 15 is 0 Å². The maximum absolute atomic E-state index is 12.9. The minimum Gasteiger partial charge on any atom is -0.352 e. The molecule has 0 aliphatic carbocycles. The Kier molecular flexibility index (Phi) is 5.47. The normalized spacial score (nSPS) is 18.8. The van der Waals surface area contributed by atoms with Crippen molar-refractivity contribution in [2.24, 2.45) is 5.41 Å². The van der Waals surface area contributed by atoms with E-state index < -0.39 is 17.5 Å². The predicted molar refractivity (Wildman–Crippen MR) is 79.1 cm³/mol. The molecule has 0 bridgehead atoms. The average molecular weight is 330 g/mol. The highest BCUT2D eigenvalue weighted by Gasteiger charge is 2.34. The van der Waals surface area contributed by atoms with Crippen LogP contribution in [0.3, 0.4) is 0 Å². The van der Waals surface area contributed by atoms with E-state index in [0.717, 1.165) is 6.07 Å². The molecule has 2 rings (SSSR count). The SMILES string of the molecule is CC1(C)COC(CCCC(=O)c2ccccc2C(F)(F)F)OC1. The smallest absolute Gasteiger partial charge is 0.352 e. The van der Waals surface area contributed by atoms with E-state index in [1.807, 2.05) is 13.8 Å². The molecule has 0 aromatic heterocycles. The van der Waals surface area contributed by atoms with Crippen LogP contribution in [0.2, 0.25) is 0 Å². The summed E-state index contributed by atoms with van der Waals surface area (Å²) in [5.41, 5.74) is -1.18. The third-order valence-corrected chi connectivity index (χ3v) is 3.70. The second-order valence-corrected chi connectivity index (χ2v) is 6.57. The van der Waals surface area contributed by atoms with Crippen molar-refractivity contribution >= 4 is 5.78 Å². The van der Waals surface area contributed by atoms with Gasteiger partial charge in [0.05, 0.1) is 18.8 Å². The van der Waals surface area contributed by atoms with E-state index in [1.165, 1.54) is 18.2 Å². The first kappa shape index (κ1) is 17.9. The summed E-state index contributed by atoms with van der Waals surface area (Å²) in [5.74, 6) is -0.505. The molecule has 0 N–H and O–H groups in total. The van der Waals surface area contributed by atoms with Gasteiger partial charge in [-0.1, -0.05) is 32.0 Å². The standard InChI is InChI=1S/C17H21F3O3/c1-16(2)10-22-15(23-11-16)9-5-8-14(21)12-6-3-4-7-13(12)17(18,19)20/h3-4,6-7,15H,5,8-11H2,1-2H3. The number of halogens is 3. The summed E-state index contributed by atoms with van der Waals surface area (Å²) >= 11 is 0. The van der Waals surface area contributed by atoms with Gasteiger partial charge in [0.15, 0.2) is 12.1 Å². The largest absolute Gasteiger partial charge is 0.417 e. The summed E-state index contributed by atoms with van der Waals surface area (Å²) < 4.78 is 49.8. The van der Waals surface area contributed by atoms with Gasteiger partial charge in [-0.05, 0) is 18.9 Å². The van der Waals surface area contributed by atoms with Crippen LogP contribution < -0.4 is 0 Å². The van der Waals surface area contributed by atoms with Crippen LogP contribution in [0.4, 0.5) is 13.2 Å². The first-order valence-corrected chi connectivity index (χ1v) is 7.62. The third kappa shape index (κ3) is 5.04. The van der Waals surface area contributed by atoms with Gasteiger partial charge in [0.25, 0.3) is 0 Å². The first-order chi connectivity index (χ1) is 10.7. The lowest BCUT2D eigenvalue weighted by atomic mass is 9.95. The van der Waals surface area contributed by atoms with Crippen LogP contribution >= 0.6 is 0 Å². The molecule has 0 spiro atoms. The number of carbonyl (C=O) groups is 1. The van der Waals surface area contributed by atoms with Gasteiger partial charge in [-0.15, -0.1) is 0 Å². The fourth-order valence-corrected chi connectivity index (χ4v) is 2.43. The highest BCUT2D eigenvalue weighted by molar-refractivity contribution is 5.97. The summed E-state index contributed by atoms with van der Waals surface area (Å²) in [6.07, 6.45) is -3.94. The molecule has 1 fully saturated rings. The Bertz CT molecular complexity index is 542. The van der Waals surface area contributed by atoms with E-state index in [0.29, 0.717) is 26.1 Å². The molecule has 0 saturated carbocycles. The third-order valence-electron chi connectivity index (χ3n) is 3.70. The molecule has 128 valence electrons. The van der Waals surface area contributed by atoms with Gasteiger partial charge < -0.3 is 9.47 Å². The molecule has 0 amide bonds. The van der Waals surface area contributed by atoms with E-state index in [1.54, 1.807) is 0 Å². The van der Waals surface area contributed by atoms with Gasteiger partial charge in [0.1, 0.15) is 0 Å². The molecule has 23 heavy (non-hydrogen) atoms. The minimum absolute atomic E-state index is 0.0298. The predicted octanol–water partition coefficient (Wildman–Crippen LogP) is 4.46. The second-order valence-electron chi connectivity index (χ2n) is 6.57. The van der Waals surface area contributed by atoms with Crippen LogP contribution in [-0.4, -0.2) is 25.3 Å². The molecule has 1 aromatic rings. The Hall–Kier alpha value is -1.40. The first-order valence-electron chi connectivity index (χ1n) is 7.62. The number of benzene rings is 1. The molecule has 1 saturated heterocycles. The molecular formula is C17H21F3O3. The molecule has 0 unspecified atom stereocenters. The highest BCUT2D eigenvalue weighted by Crippen LogP contribution is 2.32. The monoisotopic (exact) mass is 330 g/mol. The molecule has 0 radical (unpaired) electrons. The number of Topliss-reactive ketones (excluding diaryl/α,β-unsaturated/α-hetero) is 1. The van der Waals surface area contributed by atoms with Crippen LogP contribution in [0.1, 0.15) is 49.0 Å². The highest BCUT2D eigenvalue weighted by atomic mass is 19.4. The second kappa shape index (κ2) is 7.01. The van der Waals surface area contributed by atoms with Crippen LogP contribution in [0.25, 0.3) is 0 Å². The molecule has 1 heterocycles. The van der Waals surface area contributed by atoms with Crippen molar-refractivity contribution in [3.63, 3.8) is 0 Å². The zero-order valence-corrected chi connectivity index (χ0v) is 13.3. The Morgan fingerprint density at radius 1 is 1.22 bits per heavy atom. The quantitative estimate of drug-likeness (QED) is 0.748. The van der Waals surface area contributed by atoms with Gasteiger partial charge in [0, 0.05) is 17.4 Å². The fraction of sp³-hybridized carbons (Fsp3) is 0.588. The molecule has 1 aromatic carbocycles. The Morgan fingerprint density at radius 3 is 2.43 bits per heavy atom. The summed E-state index contributed by atoms with van der Waals surface area (Å²) in [6, 6.07) is 4.88. The zero-order valence-electron chi connectivity index (χ0n) is 13.3. The van der Waals surface area contributed by atoms with E-state index in [9.17, 15) is 18.0 Å². The van der Waals surface area contributed by atoms with Crippen LogP contribution in [-0.2, 0) is 15.7 Å². The Labute approximate surface area is 133 Å². The van der Waals surface area contributed by atoms with Gasteiger partial charge in [-0.25, -0.2) is 0 Å². The van der Waals surface area contributed by atoms with Crippen molar-refractivity contribution in [1.82, 2.24) is 0 Å². The van der Waals surface area contributed by atoms with Crippen molar-refractivity contribution in [1.29, 1.82) is 0 Å². The maximum atomic E-state index is 12.9. The van der Waals surface area contributed by atoms with Crippen LogP contribution in [0.15, 0.2) is 24.3 Å². The zero-order chi connectivity index (χ0) is 17.1. The average Bonchev–Trinajstić information content (AvgIpc) is 2.48. The number of carbonyl (C=O) groups excluding carboxylic acids is 1. The van der Waals surface area contributed by atoms with Crippen LogP contribution in [0.5, 0.6) is 0 Å². The molecular weight excluding hydrogens is 309 g/mol. The number of ether oxygens (including phenoxy) is 2. The number of rotatable bonds is 5. The number of hydrogen-bond acceptors (Lipinski definition) is 3. The minimum atomic E-state index is -4.52. The topological polar surface area (TPSA) is 35.5 Å². The number of ketones is 1. The number of alkyl halides is 3. The lowest BCUT2D eigenvalue weighted by Crippen LogP contribution is -2.37. The van der Waals surface area contributed by atoms with E-state index in [-0.39, 0.29) is 23.7 Å². The van der Waals surface area contributed by atoms with E-state index in [4.69, 9.17) is 9.47 Å². The lowest BCUT2D eigenvalue weighted by molar-refractivity contribution is -0.223. The van der Waals surface area contributed by atoms with Gasteiger partial charge in [-0.3, -0.25) is 4.79 Å². The Balaban J connectivity index is 1.87. The van der Waals surface area contributed by atoms with E-state index in [2.05, 4.69) is 0 Å². The molecule has 1 aliphatic rings. The molecule has 6 heteroatoms. The van der Waals surface area contributed by atoms with Gasteiger partial charge in [-0.2, -0.15) is 13.2 Å². The van der Waals surface area contributed by atoms with Crippen molar-refractivity contribution in [3.8, 4) is 0 Å². The number of hydrogen-bond donors (Lipinski definition) is 0. The van der Waals surface area contributed by atoms with Crippen molar-refractivity contribution in [3.05, 3.63) is 35.4 Å². The fourth-order valence-electron chi connectivity index (χ4n) is 2.43. The molecule has 3 nitrogen and oxygen atoms in total. The summed E-state index contributed by atoms with van der Waals surface area (Å²) in [6.45, 7) is 5.20. The van der Waals surface area contributed by atoms with Crippen molar-refractivity contribution in [2.45, 2.75) is 45.6 Å². The van der Waals surface area contributed by atoms with Crippen LogP contribution in [0, 0.1) is 5.41 Å². The Morgan fingerprint density at radius 2 is 1.83 bits per heavy atom. The van der Waals surface area contributed by atoms with Gasteiger partial charge >= 0.3 is 6.18 Å².